The van der Waals surface area contributed by atoms with Gasteiger partial charge in [0.2, 0.25) is 0 Å². The average Bonchev–Trinajstić information content (AvgIpc) is 2.29. The monoisotopic (exact) mass is 282 g/mol. The van der Waals surface area contributed by atoms with E-state index in [4.69, 9.17) is 23.2 Å². The summed E-state index contributed by atoms with van der Waals surface area (Å²) in [5.41, 5.74) is 2.30. The topological polar surface area (TPSA) is 0 Å². The third kappa shape index (κ3) is 3.19. The van der Waals surface area contributed by atoms with E-state index in [-0.39, 0.29) is 0 Å². The maximum atomic E-state index is 6.08. The highest BCUT2D eigenvalue weighted by Gasteiger charge is 2.05. The first-order valence-electron chi connectivity index (χ1n) is 5.26. The van der Waals surface area contributed by atoms with Crippen LogP contribution in [-0.4, -0.2) is 0 Å². The first kappa shape index (κ1) is 12.8. The molecule has 0 saturated heterocycles. The molecule has 0 spiro atoms. The van der Waals surface area contributed by atoms with Gasteiger partial charge in [-0.3, -0.25) is 0 Å². The molecule has 0 bridgehead atoms. The van der Waals surface area contributed by atoms with Gasteiger partial charge in [0.25, 0.3) is 0 Å². The van der Waals surface area contributed by atoms with E-state index in [0.717, 1.165) is 15.6 Å². The molecule has 0 aliphatic carbocycles. The molecule has 0 N–H and O–H groups in total. The molecule has 0 aliphatic heterocycles. The highest BCUT2D eigenvalue weighted by atomic mass is 35.5. The lowest BCUT2D eigenvalue weighted by molar-refractivity contribution is 1.25. The van der Waals surface area contributed by atoms with Crippen molar-refractivity contribution in [3.63, 3.8) is 0 Å². The van der Waals surface area contributed by atoms with E-state index in [1.807, 2.05) is 37.3 Å². The molecule has 2 aromatic rings. The summed E-state index contributed by atoms with van der Waals surface area (Å²) in [7, 11) is 0. The molecule has 0 amide bonds. The second-order valence-corrected chi connectivity index (χ2v) is 5.88. The number of aryl methyl sites for hydroxylation is 2. The van der Waals surface area contributed by atoms with Crippen molar-refractivity contribution in [2.24, 2.45) is 0 Å². The fourth-order valence-electron chi connectivity index (χ4n) is 1.49. The molecule has 3 heteroatoms. The van der Waals surface area contributed by atoms with Gasteiger partial charge in [0.15, 0.2) is 0 Å². The van der Waals surface area contributed by atoms with Crippen molar-refractivity contribution >= 4 is 35.0 Å². The standard InChI is InChI=1S/C14H12Cl2S/c1-9-8-14(10(2)7-13(9)16)17-12-5-3-11(15)4-6-12/h3-8H,1-2H3. The summed E-state index contributed by atoms with van der Waals surface area (Å²) in [6.45, 7) is 4.09. The number of rotatable bonds is 2. The summed E-state index contributed by atoms with van der Waals surface area (Å²) in [4.78, 5) is 2.41. The molecule has 0 fully saturated rings. The predicted molar refractivity (Wildman–Crippen MR) is 76.5 cm³/mol. The predicted octanol–water partition coefficient (Wildman–Crippen LogP) is 5.76. The zero-order chi connectivity index (χ0) is 12.4. The quantitative estimate of drug-likeness (QED) is 0.675. The van der Waals surface area contributed by atoms with Crippen molar-refractivity contribution in [3.8, 4) is 0 Å². The molecule has 88 valence electrons. The molecule has 0 aromatic heterocycles. The summed E-state index contributed by atoms with van der Waals surface area (Å²) in [6.07, 6.45) is 0. The number of benzene rings is 2. The van der Waals surface area contributed by atoms with Crippen LogP contribution in [0.2, 0.25) is 10.0 Å². The zero-order valence-corrected chi connectivity index (χ0v) is 12.0. The molecule has 2 aromatic carbocycles. The zero-order valence-electron chi connectivity index (χ0n) is 9.63. The first-order valence-corrected chi connectivity index (χ1v) is 6.83. The third-order valence-corrected chi connectivity index (χ3v) is 4.32. The molecular formula is C14H12Cl2S. The Morgan fingerprint density at radius 2 is 1.53 bits per heavy atom. The molecule has 0 nitrogen and oxygen atoms in total. The molecule has 0 atom stereocenters. The summed E-state index contributed by atoms with van der Waals surface area (Å²) in [5.74, 6) is 0. The lowest BCUT2D eigenvalue weighted by Gasteiger charge is -2.08. The Balaban J connectivity index is 2.30. The van der Waals surface area contributed by atoms with Crippen LogP contribution in [0.5, 0.6) is 0 Å². The normalized spacial score (nSPS) is 10.6. The van der Waals surface area contributed by atoms with Gasteiger partial charge < -0.3 is 0 Å². The summed E-state index contributed by atoms with van der Waals surface area (Å²) in [6, 6.07) is 12.0. The van der Waals surface area contributed by atoms with Crippen LogP contribution in [-0.2, 0) is 0 Å². The van der Waals surface area contributed by atoms with Crippen molar-refractivity contribution in [3.05, 3.63) is 57.6 Å². The van der Waals surface area contributed by atoms with Gasteiger partial charge in [-0.2, -0.15) is 0 Å². The average molecular weight is 283 g/mol. The molecule has 0 heterocycles. The number of hydrogen-bond donors (Lipinski definition) is 0. The van der Waals surface area contributed by atoms with Gasteiger partial charge in [-0.25, -0.2) is 0 Å². The van der Waals surface area contributed by atoms with Crippen LogP contribution in [0.25, 0.3) is 0 Å². The fourth-order valence-corrected chi connectivity index (χ4v) is 2.82. The Labute approximate surface area is 116 Å². The van der Waals surface area contributed by atoms with E-state index in [0.29, 0.717) is 0 Å². The van der Waals surface area contributed by atoms with Gasteiger partial charge in [0, 0.05) is 19.8 Å². The van der Waals surface area contributed by atoms with E-state index in [2.05, 4.69) is 13.0 Å². The molecule has 2 rings (SSSR count). The van der Waals surface area contributed by atoms with Gasteiger partial charge in [0.05, 0.1) is 0 Å². The van der Waals surface area contributed by atoms with Crippen molar-refractivity contribution in [2.75, 3.05) is 0 Å². The van der Waals surface area contributed by atoms with E-state index < -0.39 is 0 Å². The number of halogens is 2. The number of hydrogen-bond acceptors (Lipinski definition) is 1. The highest BCUT2D eigenvalue weighted by Crippen LogP contribution is 2.33. The summed E-state index contributed by atoms with van der Waals surface area (Å²) in [5, 5.41) is 1.58. The fraction of sp³-hybridized carbons (Fsp3) is 0.143. The van der Waals surface area contributed by atoms with Gasteiger partial charge in [-0.05, 0) is 61.4 Å². The molecular weight excluding hydrogens is 271 g/mol. The third-order valence-electron chi connectivity index (χ3n) is 2.50. The Hall–Kier alpha value is -0.630. The van der Waals surface area contributed by atoms with Gasteiger partial charge in [-0.15, -0.1) is 0 Å². The smallest absolute Gasteiger partial charge is 0.0438 e. The lowest BCUT2D eigenvalue weighted by Crippen LogP contribution is -1.84. The van der Waals surface area contributed by atoms with Crippen molar-refractivity contribution in [2.45, 2.75) is 23.6 Å². The molecule has 17 heavy (non-hydrogen) atoms. The van der Waals surface area contributed by atoms with E-state index >= 15 is 0 Å². The summed E-state index contributed by atoms with van der Waals surface area (Å²) >= 11 is 13.7. The minimum absolute atomic E-state index is 0.762. The van der Waals surface area contributed by atoms with Crippen LogP contribution in [0.1, 0.15) is 11.1 Å². The van der Waals surface area contributed by atoms with Crippen molar-refractivity contribution < 1.29 is 0 Å². The van der Waals surface area contributed by atoms with Gasteiger partial charge in [-0.1, -0.05) is 35.0 Å². The van der Waals surface area contributed by atoms with E-state index in [1.54, 1.807) is 11.8 Å². The van der Waals surface area contributed by atoms with E-state index in [9.17, 15) is 0 Å². The van der Waals surface area contributed by atoms with Crippen molar-refractivity contribution in [1.29, 1.82) is 0 Å². The van der Waals surface area contributed by atoms with Crippen LogP contribution < -0.4 is 0 Å². The van der Waals surface area contributed by atoms with Crippen LogP contribution in [0.15, 0.2) is 46.2 Å². The largest absolute Gasteiger partial charge is 0.0898 e. The van der Waals surface area contributed by atoms with E-state index in [1.165, 1.54) is 15.4 Å². The first-order chi connectivity index (χ1) is 8.06. The minimum atomic E-state index is 0.762. The Morgan fingerprint density at radius 1 is 0.882 bits per heavy atom. The SMILES string of the molecule is Cc1cc(Sc2ccc(Cl)cc2)c(C)cc1Cl. The molecule has 0 unspecified atom stereocenters. The van der Waals surface area contributed by atoms with Gasteiger partial charge >= 0.3 is 0 Å². The maximum Gasteiger partial charge on any atom is 0.0438 e. The second kappa shape index (κ2) is 5.34. The van der Waals surface area contributed by atoms with Crippen LogP contribution in [0.4, 0.5) is 0 Å². The lowest BCUT2D eigenvalue weighted by atomic mass is 10.2. The Morgan fingerprint density at radius 3 is 2.18 bits per heavy atom. The molecule has 0 saturated carbocycles. The second-order valence-electron chi connectivity index (χ2n) is 3.92. The van der Waals surface area contributed by atoms with Gasteiger partial charge in [0.1, 0.15) is 0 Å². The van der Waals surface area contributed by atoms with Crippen LogP contribution in [0.3, 0.4) is 0 Å². The minimum Gasteiger partial charge on any atom is -0.0898 e. The molecule has 0 radical (unpaired) electrons. The highest BCUT2D eigenvalue weighted by molar-refractivity contribution is 7.99. The van der Waals surface area contributed by atoms with Crippen LogP contribution >= 0.6 is 35.0 Å². The maximum absolute atomic E-state index is 6.08. The summed E-state index contributed by atoms with van der Waals surface area (Å²) < 4.78 is 0. The van der Waals surface area contributed by atoms with Crippen molar-refractivity contribution in [1.82, 2.24) is 0 Å². The Bertz CT molecular complexity index is 533. The molecule has 0 aliphatic rings. The Kier molecular flexibility index (Phi) is 4.03. The van der Waals surface area contributed by atoms with Crippen LogP contribution in [0, 0.1) is 13.8 Å².